The predicted molar refractivity (Wildman–Crippen MR) is 136 cm³/mol. The van der Waals surface area contributed by atoms with Crippen LogP contribution in [0.15, 0.2) is 71.8 Å². The SMILES string of the molecule is O=C(NCc1ccc(N2CCc3ccccc3C2)nc1)c1cccc(S(=O)(=O)N2CCCCC2)c1. The number of benzene rings is 2. The lowest BCUT2D eigenvalue weighted by atomic mass is 10.00. The van der Waals surface area contributed by atoms with Gasteiger partial charge in [-0.1, -0.05) is 42.8 Å². The Morgan fingerprint density at radius 3 is 2.49 bits per heavy atom. The van der Waals surface area contributed by atoms with Crippen LogP contribution in [0.2, 0.25) is 0 Å². The Morgan fingerprint density at radius 2 is 1.71 bits per heavy atom. The molecule has 2 aliphatic heterocycles. The van der Waals surface area contributed by atoms with Gasteiger partial charge in [-0.3, -0.25) is 4.79 Å². The molecule has 3 heterocycles. The minimum absolute atomic E-state index is 0.168. The van der Waals surface area contributed by atoms with E-state index in [1.807, 2.05) is 12.1 Å². The molecule has 0 bridgehead atoms. The first-order valence-corrected chi connectivity index (χ1v) is 13.6. The highest BCUT2D eigenvalue weighted by Gasteiger charge is 2.26. The molecule has 2 aromatic carbocycles. The molecule has 1 N–H and O–H groups in total. The minimum Gasteiger partial charge on any atom is -0.352 e. The van der Waals surface area contributed by atoms with Gasteiger partial charge in [-0.15, -0.1) is 0 Å². The summed E-state index contributed by atoms with van der Waals surface area (Å²) in [5, 5.41) is 2.88. The molecular formula is C27H30N4O3S. The highest BCUT2D eigenvalue weighted by Crippen LogP contribution is 2.24. The third-order valence-electron chi connectivity index (χ3n) is 6.77. The molecule has 1 fully saturated rings. The largest absolute Gasteiger partial charge is 0.352 e. The Kier molecular flexibility index (Phi) is 6.83. The lowest BCUT2D eigenvalue weighted by Gasteiger charge is -2.29. The normalized spacial score (nSPS) is 16.5. The van der Waals surface area contributed by atoms with E-state index in [-0.39, 0.29) is 10.8 Å². The van der Waals surface area contributed by atoms with Crippen LogP contribution < -0.4 is 10.2 Å². The van der Waals surface area contributed by atoms with Crippen molar-refractivity contribution in [2.75, 3.05) is 24.5 Å². The number of hydrogen-bond acceptors (Lipinski definition) is 5. The second-order valence-electron chi connectivity index (χ2n) is 9.14. The van der Waals surface area contributed by atoms with Gasteiger partial charge >= 0.3 is 0 Å². The lowest BCUT2D eigenvalue weighted by molar-refractivity contribution is 0.0950. The summed E-state index contributed by atoms with van der Waals surface area (Å²) in [6.07, 6.45) is 5.58. The van der Waals surface area contributed by atoms with Crippen molar-refractivity contribution in [1.82, 2.24) is 14.6 Å². The van der Waals surface area contributed by atoms with Crippen molar-refractivity contribution in [3.05, 3.63) is 89.1 Å². The van der Waals surface area contributed by atoms with E-state index in [1.54, 1.807) is 24.4 Å². The standard InChI is InChI=1S/C27H30N4O3S/c32-27(23-9-6-10-25(17-23)35(33,34)31-14-4-1-5-15-31)29-19-21-11-12-26(28-18-21)30-16-13-22-7-2-3-8-24(22)20-30/h2-3,6-12,17-18H,1,4-5,13-16,19-20H2,(H,29,32). The number of rotatable bonds is 6. The van der Waals surface area contributed by atoms with E-state index in [4.69, 9.17) is 0 Å². The van der Waals surface area contributed by atoms with Gasteiger partial charge in [0.05, 0.1) is 4.90 Å². The average molecular weight is 491 g/mol. The zero-order valence-corrected chi connectivity index (χ0v) is 20.5. The molecular weight excluding hydrogens is 460 g/mol. The van der Waals surface area contributed by atoms with Gasteiger partial charge in [0.2, 0.25) is 10.0 Å². The van der Waals surface area contributed by atoms with Crippen LogP contribution in [0.25, 0.3) is 0 Å². The molecule has 0 radical (unpaired) electrons. The van der Waals surface area contributed by atoms with Crippen molar-refractivity contribution in [1.29, 1.82) is 0 Å². The van der Waals surface area contributed by atoms with E-state index < -0.39 is 10.0 Å². The number of sulfonamides is 1. The molecule has 0 aliphatic carbocycles. The number of carbonyl (C=O) groups is 1. The maximum atomic E-state index is 13.0. The van der Waals surface area contributed by atoms with Gasteiger partial charge < -0.3 is 10.2 Å². The highest BCUT2D eigenvalue weighted by molar-refractivity contribution is 7.89. The molecule has 1 aromatic heterocycles. The summed E-state index contributed by atoms with van der Waals surface area (Å²) >= 11 is 0. The third kappa shape index (κ3) is 5.23. The number of nitrogens with zero attached hydrogens (tertiary/aromatic N) is 3. The topological polar surface area (TPSA) is 82.6 Å². The first-order valence-electron chi connectivity index (χ1n) is 12.2. The molecule has 0 spiro atoms. The molecule has 8 heteroatoms. The van der Waals surface area contributed by atoms with E-state index in [0.717, 1.165) is 50.2 Å². The second kappa shape index (κ2) is 10.2. The number of aromatic nitrogens is 1. The van der Waals surface area contributed by atoms with Gasteiger partial charge in [0, 0.05) is 44.5 Å². The van der Waals surface area contributed by atoms with Crippen molar-refractivity contribution >= 4 is 21.7 Å². The maximum Gasteiger partial charge on any atom is 0.251 e. The lowest BCUT2D eigenvalue weighted by Crippen LogP contribution is -2.35. The Labute approximate surface area is 206 Å². The van der Waals surface area contributed by atoms with E-state index in [1.165, 1.54) is 21.5 Å². The maximum absolute atomic E-state index is 13.0. The van der Waals surface area contributed by atoms with Gasteiger partial charge in [-0.05, 0) is 60.2 Å². The van der Waals surface area contributed by atoms with Crippen LogP contribution in [0.5, 0.6) is 0 Å². The number of nitrogens with one attached hydrogen (secondary N) is 1. The van der Waals surface area contributed by atoms with Gasteiger partial charge in [0.1, 0.15) is 5.82 Å². The third-order valence-corrected chi connectivity index (χ3v) is 8.66. The molecule has 1 saturated heterocycles. The fourth-order valence-electron chi connectivity index (χ4n) is 4.74. The smallest absolute Gasteiger partial charge is 0.251 e. The summed E-state index contributed by atoms with van der Waals surface area (Å²) in [5.41, 5.74) is 3.95. The van der Waals surface area contributed by atoms with Crippen molar-refractivity contribution in [3.8, 4) is 0 Å². The van der Waals surface area contributed by atoms with Crippen LogP contribution in [-0.2, 0) is 29.5 Å². The van der Waals surface area contributed by atoms with Crippen LogP contribution in [0.1, 0.15) is 46.3 Å². The number of anilines is 1. The van der Waals surface area contributed by atoms with Crippen molar-refractivity contribution in [2.45, 2.75) is 43.7 Å². The first-order chi connectivity index (χ1) is 17.0. The van der Waals surface area contributed by atoms with Crippen molar-refractivity contribution < 1.29 is 13.2 Å². The van der Waals surface area contributed by atoms with Crippen LogP contribution in [0.3, 0.4) is 0 Å². The monoisotopic (exact) mass is 490 g/mol. The Bertz CT molecular complexity index is 1300. The van der Waals surface area contributed by atoms with Crippen LogP contribution >= 0.6 is 0 Å². The molecule has 0 saturated carbocycles. The molecule has 35 heavy (non-hydrogen) atoms. The fraction of sp³-hybridized carbons (Fsp3) is 0.333. The van der Waals surface area contributed by atoms with E-state index in [2.05, 4.69) is 39.5 Å². The van der Waals surface area contributed by atoms with Crippen LogP contribution in [0.4, 0.5) is 5.82 Å². The molecule has 1 amide bonds. The number of pyridine rings is 1. The molecule has 2 aliphatic rings. The number of hydrogen-bond donors (Lipinski definition) is 1. The van der Waals surface area contributed by atoms with Crippen LogP contribution in [-0.4, -0.2) is 43.2 Å². The number of fused-ring (bicyclic) bond motifs is 1. The van der Waals surface area contributed by atoms with Crippen molar-refractivity contribution in [2.24, 2.45) is 0 Å². The van der Waals surface area contributed by atoms with Gasteiger partial charge in [-0.25, -0.2) is 13.4 Å². The Balaban J connectivity index is 1.20. The molecule has 182 valence electrons. The van der Waals surface area contributed by atoms with E-state index in [9.17, 15) is 13.2 Å². The molecule has 7 nitrogen and oxygen atoms in total. The van der Waals surface area contributed by atoms with Gasteiger partial charge in [0.25, 0.3) is 5.91 Å². The number of amides is 1. The summed E-state index contributed by atoms with van der Waals surface area (Å²) in [7, 11) is -3.58. The fourth-order valence-corrected chi connectivity index (χ4v) is 6.30. The quantitative estimate of drug-likeness (QED) is 0.569. The summed E-state index contributed by atoms with van der Waals surface area (Å²) < 4.78 is 27.4. The Hall–Kier alpha value is -3.23. The van der Waals surface area contributed by atoms with Crippen molar-refractivity contribution in [3.63, 3.8) is 0 Å². The molecule has 0 atom stereocenters. The van der Waals surface area contributed by atoms with E-state index in [0.29, 0.717) is 25.2 Å². The summed E-state index contributed by atoms with van der Waals surface area (Å²) in [4.78, 5) is 19.8. The molecule has 5 rings (SSSR count). The van der Waals surface area contributed by atoms with E-state index >= 15 is 0 Å². The van der Waals surface area contributed by atoms with Gasteiger partial charge in [0.15, 0.2) is 0 Å². The van der Waals surface area contributed by atoms with Crippen LogP contribution in [0, 0.1) is 0 Å². The number of piperidine rings is 1. The molecule has 0 unspecified atom stereocenters. The summed E-state index contributed by atoms with van der Waals surface area (Å²) in [6, 6.07) is 18.8. The number of carbonyl (C=O) groups excluding carboxylic acids is 1. The Morgan fingerprint density at radius 1 is 0.914 bits per heavy atom. The second-order valence-corrected chi connectivity index (χ2v) is 11.1. The predicted octanol–water partition coefficient (Wildman–Crippen LogP) is 3.75. The summed E-state index contributed by atoms with van der Waals surface area (Å²) in [5.74, 6) is 0.614. The average Bonchev–Trinajstić information content (AvgIpc) is 2.92. The first kappa shape index (κ1) is 23.5. The summed E-state index contributed by atoms with van der Waals surface area (Å²) in [6.45, 7) is 3.15. The molecule has 3 aromatic rings. The van der Waals surface area contributed by atoms with Gasteiger partial charge in [-0.2, -0.15) is 4.31 Å². The highest BCUT2D eigenvalue weighted by atomic mass is 32.2. The zero-order chi connectivity index (χ0) is 24.3. The zero-order valence-electron chi connectivity index (χ0n) is 19.7. The minimum atomic E-state index is -3.58.